The first-order valence-corrected chi connectivity index (χ1v) is 10.7. The van der Waals surface area contributed by atoms with Gasteiger partial charge in [-0.2, -0.15) is 0 Å². The van der Waals surface area contributed by atoms with Crippen molar-refractivity contribution in [1.29, 1.82) is 0 Å². The van der Waals surface area contributed by atoms with E-state index in [1.165, 1.54) is 5.56 Å². The van der Waals surface area contributed by atoms with E-state index in [9.17, 15) is 0 Å². The largest absolute Gasteiger partial charge is 0.493 e. The summed E-state index contributed by atoms with van der Waals surface area (Å²) in [6, 6.07) is 18.4. The van der Waals surface area contributed by atoms with Gasteiger partial charge in [-0.15, -0.1) is 0 Å². The van der Waals surface area contributed by atoms with Gasteiger partial charge >= 0.3 is 0 Å². The predicted molar refractivity (Wildman–Crippen MR) is 126 cm³/mol. The van der Waals surface area contributed by atoms with Crippen LogP contribution in [0.25, 0.3) is 33.1 Å². The number of aromatic nitrogens is 3. The molecule has 5 nitrogen and oxygen atoms in total. The number of rotatable bonds is 5. The summed E-state index contributed by atoms with van der Waals surface area (Å²) in [5.41, 5.74) is 5.22. The van der Waals surface area contributed by atoms with Crippen molar-refractivity contribution in [3.8, 4) is 22.6 Å². The molecule has 0 radical (unpaired) electrons. The van der Waals surface area contributed by atoms with Crippen molar-refractivity contribution in [2.45, 2.75) is 11.8 Å². The highest BCUT2D eigenvalue weighted by Gasteiger charge is 2.15. The molecule has 0 aliphatic carbocycles. The third-order valence-electron chi connectivity index (χ3n) is 5.24. The summed E-state index contributed by atoms with van der Waals surface area (Å²) in [6.45, 7) is 2.11. The molecule has 0 bridgehead atoms. The molecule has 5 rings (SSSR count). The first-order valence-electron chi connectivity index (χ1n) is 9.90. The van der Waals surface area contributed by atoms with Gasteiger partial charge in [0.25, 0.3) is 0 Å². The lowest BCUT2D eigenvalue weighted by atomic mass is 10.1. The highest BCUT2D eigenvalue weighted by molar-refractivity contribution is 7.98. The number of nitrogens with zero attached hydrogens (tertiary/aromatic N) is 3. The molecule has 0 spiro atoms. The fraction of sp³-hybridized carbons (Fsp3) is 0.120. The van der Waals surface area contributed by atoms with E-state index >= 15 is 0 Å². The second-order valence-electron chi connectivity index (χ2n) is 7.24. The van der Waals surface area contributed by atoms with Crippen LogP contribution in [0.2, 0.25) is 0 Å². The van der Waals surface area contributed by atoms with Crippen LogP contribution in [0.4, 0.5) is 0 Å². The van der Waals surface area contributed by atoms with Gasteiger partial charge in [-0.25, -0.2) is 4.98 Å². The third-order valence-corrected chi connectivity index (χ3v) is 6.22. The smallest absolute Gasteiger partial charge is 0.161 e. The summed E-state index contributed by atoms with van der Waals surface area (Å²) in [6.07, 6.45) is 5.79. The minimum absolute atomic E-state index is 0.700. The molecule has 3 aromatic heterocycles. The Morgan fingerprint density at radius 2 is 1.68 bits per heavy atom. The number of hydrogen-bond donors (Lipinski definition) is 0. The molecule has 5 aromatic rings. The zero-order chi connectivity index (χ0) is 21.4. The van der Waals surface area contributed by atoms with Crippen molar-refractivity contribution in [2.75, 3.05) is 14.2 Å². The molecule has 0 N–H and O–H groups in total. The second-order valence-corrected chi connectivity index (χ2v) is 8.26. The highest BCUT2D eigenvalue weighted by Crippen LogP contribution is 2.39. The molecule has 0 aliphatic rings. The van der Waals surface area contributed by atoms with Crippen molar-refractivity contribution in [3.05, 3.63) is 78.8 Å². The molecule has 154 valence electrons. The van der Waals surface area contributed by atoms with Gasteiger partial charge in [0.2, 0.25) is 0 Å². The van der Waals surface area contributed by atoms with E-state index in [1.807, 2.05) is 42.7 Å². The maximum Gasteiger partial charge on any atom is 0.161 e. The molecule has 0 unspecified atom stereocenters. The molecule has 0 fully saturated rings. The van der Waals surface area contributed by atoms with Gasteiger partial charge in [0.1, 0.15) is 0 Å². The van der Waals surface area contributed by atoms with E-state index in [1.54, 1.807) is 26.2 Å². The van der Waals surface area contributed by atoms with Crippen LogP contribution in [-0.2, 0) is 0 Å². The van der Waals surface area contributed by atoms with Gasteiger partial charge in [-0.05, 0) is 72.5 Å². The maximum atomic E-state index is 5.51. The topological polar surface area (TPSA) is 49.2 Å². The zero-order valence-electron chi connectivity index (χ0n) is 17.5. The first kappa shape index (κ1) is 19.5. The summed E-state index contributed by atoms with van der Waals surface area (Å²) < 4.78 is 13.0. The Balaban J connectivity index is 1.66. The van der Waals surface area contributed by atoms with E-state index in [0.29, 0.717) is 11.5 Å². The van der Waals surface area contributed by atoms with E-state index in [-0.39, 0.29) is 0 Å². The second kappa shape index (κ2) is 7.96. The Labute approximate surface area is 184 Å². The van der Waals surface area contributed by atoms with Crippen LogP contribution >= 0.6 is 11.9 Å². The van der Waals surface area contributed by atoms with E-state index < -0.39 is 0 Å². The number of fused-ring (bicyclic) bond motifs is 2. The molecule has 2 aromatic carbocycles. The van der Waals surface area contributed by atoms with Crippen LogP contribution in [0.15, 0.2) is 78.1 Å². The summed E-state index contributed by atoms with van der Waals surface area (Å²) in [5.74, 6) is 1.41. The maximum absolute atomic E-state index is 5.51. The lowest BCUT2D eigenvalue weighted by Crippen LogP contribution is -1.91. The Morgan fingerprint density at radius 1 is 0.871 bits per heavy atom. The molecule has 3 heterocycles. The Kier molecular flexibility index (Phi) is 5.00. The van der Waals surface area contributed by atoms with Crippen LogP contribution in [-0.4, -0.2) is 28.2 Å². The predicted octanol–water partition coefficient (Wildman–Crippen LogP) is 6.13. The van der Waals surface area contributed by atoms with E-state index in [2.05, 4.69) is 51.3 Å². The number of hydrogen-bond acceptors (Lipinski definition) is 5. The zero-order valence-corrected chi connectivity index (χ0v) is 18.3. The molecule has 0 saturated heterocycles. The third kappa shape index (κ3) is 3.49. The summed E-state index contributed by atoms with van der Waals surface area (Å²) in [5, 5.41) is 2.21. The van der Waals surface area contributed by atoms with Crippen LogP contribution in [0.5, 0.6) is 11.5 Å². The van der Waals surface area contributed by atoms with Crippen LogP contribution < -0.4 is 9.47 Å². The van der Waals surface area contributed by atoms with Crippen molar-refractivity contribution >= 4 is 33.9 Å². The molecule has 31 heavy (non-hydrogen) atoms. The number of ether oxygens (including phenoxy) is 2. The Bertz CT molecular complexity index is 1410. The van der Waals surface area contributed by atoms with Crippen LogP contribution in [0.3, 0.4) is 0 Å². The van der Waals surface area contributed by atoms with Crippen LogP contribution in [0, 0.1) is 6.92 Å². The normalized spacial score (nSPS) is 11.2. The van der Waals surface area contributed by atoms with E-state index in [0.717, 1.165) is 38.0 Å². The van der Waals surface area contributed by atoms with Gasteiger partial charge in [-0.1, -0.05) is 12.1 Å². The van der Waals surface area contributed by atoms with Crippen molar-refractivity contribution in [1.82, 2.24) is 13.9 Å². The van der Waals surface area contributed by atoms with Gasteiger partial charge in [0.05, 0.1) is 24.6 Å². The molecule has 0 aliphatic heterocycles. The van der Waals surface area contributed by atoms with Gasteiger partial charge in [-0.3, -0.25) is 8.96 Å². The lowest BCUT2D eigenvalue weighted by Gasteiger charge is -2.09. The fourth-order valence-electron chi connectivity index (χ4n) is 3.81. The summed E-state index contributed by atoms with van der Waals surface area (Å²) >= 11 is 1.63. The quantitative estimate of drug-likeness (QED) is 0.338. The molecule has 0 atom stereocenters. The van der Waals surface area contributed by atoms with Crippen molar-refractivity contribution in [2.24, 2.45) is 0 Å². The highest BCUT2D eigenvalue weighted by atomic mass is 32.2. The average molecular weight is 428 g/mol. The van der Waals surface area contributed by atoms with Crippen LogP contribution in [0.1, 0.15) is 5.56 Å². The minimum Gasteiger partial charge on any atom is -0.493 e. The summed E-state index contributed by atoms with van der Waals surface area (Å²) in [4.78, 5) is 10.4. The van der Waals surface area contributed by atoms with Crippen molar-refractivity contribution in [3.63, 3.8) is 0 Å². The number of aryl methyl sites for hydroxylation is 1. The molecular weight excluding hydrogens is 406 g/mol. The minimum atomic E-state index is 0.700. The Morgan fingerprint density at radius 3 is 2.52 bits per heavy atom. The number of benzene rings is 2. The lowest BCUT2D eigenvalue weighted by molar-refractivity contribution is 0.355. The number of pyridine rings is 2. The SMILES string of the molecule is COc1ccc(-c2cn(Sc3cc(C)cc4cccnc34)c3ncccc23)cc1OC. The van der Waals surface area contributed by atoms with Crippen molar-refractivity contribution < 1.29 is 9.47 Å². The van der Waals surface area contributed by atoms with Gasteiger partial charge in [0.15, 0.2) is 17.1 Å². The van der Waals surface area contributed by atoms with E-state index in [4.69, 9.17) is 9.47 Å². The first-order chi connectivity index (χ1) is 15.2. The fourth-order valence-corrected chi connectivity index (χ4v) is 4.91. The van der Waals surface area contributed by atoms with Gasteiger partial charge in [0, 0.05) is 34.9 Å². The summed E-state index contributed by atoms with van der Waals surface area (Å²) in [7, 11) is 3.29. The molecule has 0 saturated carbocycles. The molecule has 0 amide bonds. The molecular formula is C25H21N3O2S. The standard InChI is InChI=1S/C25H21N3O2S/c1-16-12-18-6-4-10-26-24(18)23(13-16)31-28-15-20(19-7-5-11-27-25(19)28)17-8-9-21(29-2)22(14-17)30-3/h4-15H,1-3H3. The average Bonchev–Trinajstić information content (AvgIpc) is 3.17. The number of methoxy groups -OCH3 is 2. The molecule has 6 heteroatoms. The Hall–Kier alpha value is -3.51. The monoisotopic (exact) mass is 427 g/mol. The van der Waals surface area contributed by atoms with Gasteiger partial charge < -0.3 is 9.47 Å².